The number of hydrogen-bond acceptors (Lipinski definition) is 5. The number of carbonyl (C=O) groups is 1. The van der Waals surface area contributed by atoms with Gasteiger partial charge in [-0.3, -0.25) is 4.79 Å². The first-order valence-electron chi connectivity index (χ1n) is 9.20. The molecular formula is C19H26F2N4O2. The van der Waals surface area contributed by atoms with Crippen molar-refractivity contribution in [1.29, 1.82) is 0 Å². The molecule has 0 aliphatic heterocycles. The molecule has 0 spiro atoms. The van der Waals surface area contributed by atoms with Gasteiger partial charge in [0.2, 0.25) is 5.82 Å². The van der Waals surface area contributed by atoms with E-state index in [-0.39, 0.29) is 17.8 Å². The van der Waals surface area contributed by atoms with Crippen LogP contribution in [0.15, 0.2) is 28.8 Å². The SMILES string of the molecule is CCCN(CCC)C[C@@H](C)NC(=O)c1ccc(-c2noc(C(F)F)n2)cc1. The van der Waals surface area contributed by atoms with E-state index in [1.165, 1.54) is 0 Å². The maximum absolute atomic E-state index is 12.5. The summed E-state index contributed by atoms with van der Waals surface area (Å²) in [7, 11) is 0. The van der Waals surface area contributed by atoms with Crippen molar-refractivity contribution in [3.63, 3.8) is 0 Å². The molecule has 0 radical (unpaired) electrons. The highest BCUT2D eigenvalue weighted by Gasteiger charge is 2.18. The number of halogens is 2. The van der Waals surface area contributed by atoms with E-state index in [2.05, 4.69) is 38.7 Å². The molecule has 1 aromatic heterocycles. The van der Waals surface area contributed by atoms with Gasteiger partial charge in [-0.2, -0.15) is 13.8 Å². The van der Waals surface area contributed by atoms with Crippen molar-refractivity contribution >= 4 is 5.91 Å². The molecule has 0 bridgehead atoms. The van der Waals surface area contributed by atoms with Crippen molar-refractivity contribution in [2.24, 2.45) is 0 Å². The number of rotatable bonds is 10. The summed E-state index contributed by atoms with van der Waals surface area (Å²) in [6.45, 7) is 9.07. The molecule has 2 rings (SSSR count). The zero-order chi connectivity index (χ0) is 19.8. The minimum atomic E-state index is -2.81. The predicted octanol–water partition coefficient (Wildman–Crippen LogP) is 3.91. The molecule has 1 heterocycles. The third kappa shape index (κ3) is 6.09. The van der Waals surface area contributed by atoms with Gasteiger partial charge in [-0.1, -0.05) is 31.1 Å². The number of amides is 1. The van der Waals surface area contributed by atoms with Gasteiger partial charge in [0.1, 0.15) is 0 Å². The molecule has 0 saturated heterocycles. The second-order valence-electron chi connectivity index (χ2n) is 6.51. The summed E-state index contributed by atoms with van der Waals surface area (Å²) in [5, 5.41) is 6.52. The molecule has 0 saturated carbocycles. The third-order valence-corrected chi connectivity index (χ3v) is 4.02. The van der Waals surface area contributed by atoms with Crippen molar-refractivity contribution in [2.75, 3.05) is 19.6 Å². The summed E-state index contributed by atoms with van der Waals surface area (Å²) in [4.78, 5) is 18.4. The van der Waals surface area contributed by atoms with Crippen LogP contribution in [0.2, 0.25) is 0 Å². The van der Waals surface area contributed by atoms with Crippen LogP contribution in [0.5, 0.6) is 0 Å². The topological polar surface area (TPSA) is 71.3 Å². The molecule has 2 aromatic rings. The molecule has 1 aromatic carbocycles. The Morgan fingerprint density at radius 3 is 2.33 bits per heavy atom. The van der Waals surface area contributed by atoms with Crippen LogP contribution in [0.25, 0.3) is 11.4 Å². The van der Waals surface area contributed by atoms with E-state index in [0.29, 0.717) is 11.1 Å². The minimum absolute atomic E-state index is 0.0149. The second-order valence-corrected chi connectivity index (χ2v) is 6.51. The number of alkyl halides is 2. The highest BCUT2D eigenvalue weighted by molar-refractivity contribution is 5.94. The first-order chi connectivity index (χ1) is 12.9. The Kier molecular flexibility index (Phi) is 7.84. The molecular weight excluding hydrogens is 354 g/mol. The lowest BCUT2D eigenvalue weighted by Crippen LogP contribution is -2.42. The Hall–Kier alpha value is -2.35. The molecule has 0 aliphatic rings. The van der Waals surface area contributed by atoms with Gasteiger partial charge in [0, 0.05) is 23.7 Å². The summed E-state index contributed by atoms with van der Waals surface area (Å²) < 4.78 is 29.5. The van der Waals surface area contributed by atoms with Gasteiger partial charge in [-0.25, -0.2) is 0 Å². The van der Waals surface area contributed by atoms with Gasteiger partial charge in [0.25, 0.3) is 11.8 Å². The Morgan fingerprint density at radius 2 is 1.81 bits per heavy atom. The maximum atomic E-state index is 12.5. The first kappa shape index (κ1) is 21.0. The Morgan fingerprint density at radius 1 is 1.19 bits per heavy atom. The van der Waals surface area contributed by atoms with Gasteiger partial charge in [0.15, 0.2) is 0 Å². The van der Waals surface area contributed by atoms with E-state index in [9.17, 15) is 13.6 Å². The van der Waals surface area contributed by atoms with E-state index in [1.807, 2.05) is 6.92 Å². The largest absolute Gasteiger partial charge is 0.348 e. The molecule has 27 heavy (non-hydrogen) atoms. The van der Waals surface area contributed by atoms with Crippen LogP contribution in [0.3, 0.4) is 0 Å². The lowest BCUT2D eigenvalue weighted by Gasteiger charge is -2.25. The van der Waals surface area contributed by atoms with Crippen LogP contribution in [-0.4, -0.2) is 46.6 Å². The fourth-order valence-corrected chi connectivity index (χ4v) is 2.88. The van der Waals surface area contributed by atoms with E-state index < -0.39 is 12.3 Å². The smallest absolute Gasteiger partial charge is 0.315 e. The monoisotopic (exact) mass is 380 g/mol. The van der Waals surface area contributed by atoms with Crippen molar-refractivity contribution in [3.8, 4) is 11.4 Å². The van der Waals surface area contributed by atoms with E-state index in [1.54, 1.807) is 24.3 Å². The lowest BCUT2D eigenvalue weighted by molar-refractivity contribution is 0.0929. The third-order valence-electron chi connectivity index (χ3n) is 4.02. The molecule has 6 nitrogen and oxygen atoms in total. The van der Waals surface area contributed by atoms with Crippen molar-refractivity contribution < 1.29 is 18.1 Å². The number of hydrogen-bond donors (Lipinski definition) is 1. The summed E-state index contributed by atoms with van der Waals surface area (Å²) in [5.74, 6) is -0.826. The van der Waals surface area contributed by atoms with Gasteiger partial charge in [-0.05, 0) is 45.0 Å². The van der Waals surface area contributed by atoms with Gasteiger partial charge in [0.05, 0.1) is 0 Å². The van der Waals surface area contributed by atoms with E-state index >= 15 is 0 Å². The van der Waals surface area contributed by atoms with Crippen molar-refractivity contribution in [3.05, 3.63) is 35.7 Å². The highest BCUT2D eigenvalue weighted by Crippen LogP contribution is 2.21. The molecule has 0 aliphatic carbocycles. The summed E-state index contributed by atoms with van der Waals surface area (Å²) >= 11 is 0. The Balaban J connectivity index is 1.96. The lowest BCUT2D eigenvalue weighted by atomic mass is 10.1. The van der Waals surface area contributed by atoms with Crippen molar-refractivity contribution in [1.82, 2.24) is 20.4 Å². The van der Waals surface area contributed by atoms with Crippen molar-refractivity contribution in [2.45, 2.75) is 46.1 Å². The fourth-order valence-electron chi connectivity index (χ4n) is 2.88. The van der Waals surface area contributed by atoms with E-state index in [4.69, 9.17) is 0 Å². The van der Waals surface area contributed by atoms with Gasteiger partial charge < -0.3 is 14.7 Å². The average Bonchev–Trinajstić information content (AvgIpc) is 3.12. The molecule has 1 atom stereocenters. The number of carbonyl (C=O) groups excluding carboxylic acids is 1. The minimum Gasteiger partial charge on any atom is -0.348 e. The molecule has 8 heteroatoms. The number of nitrogens with one attached hydrogen (secondary N) is 1. The normalized spacial score (nSPS) is 12.6. The predicted molar refractivity (Wildman–Crippen MR) is 98.6 cm³/mol. The zero-order valence-corrected chi connectivity index (χ0v) is 15.9. The Bertz CT molecular complexity index is 713. The number of nitrogens with zero attached hydrogens (tertiary/aromatic N) is 3. The van der Waals surface area contributed by atoms with Crippen LogP contribution < -0.4 is 5.32 Å². The van der Waals surface area contributed by atoms with Crippen LogP contribution in [0.4, 0.5) is 8.78 Å². The van der Waals surface area contributed by atoms with Crippen LogP contribution in [-0.2, 0) is 0 Å². The maximum Gasteiger partial charge on any atom is 0.315 e. The first-order valence-corrected chi connectivity index (χ1v) is 9.20. The molecule has 1 N–H and O–H groups in total. The number of benzene rings is 1. The van der Waals surface area contributed by atoms with Crippen LogP contribution >= 0.6 is 0 Å². The highest BCUT2D eigenvalue weighted by atomic mass is 19.3. The second kappa shape index (κ2) is 10.1. The van der Waals surface area contributed by atoms with Crippen LogP contribution in [0.1, 0.15) is 56.3 Å². The van der Waals surface area contributed by atoms with Gasteiger partial charge >= 0.3 is 6.43 Å². The molecule has 0 unspecified atom stereocenters. The fraction of sp³-hybridized carbons (Fsp3) is 0.526. The molecule has 0 fully saturated rings. The summed E-state index contributed by atoms with van der Waals surface area (Å²) in [6.07, 6.45) is -0.658. The Labute approximate surface area is 157 Å². The summed E-state index contributed by atoms with van der Waals surface area (Å²) in [6, 6.07) is 6.47. The quantitative estimate of drug-likeness (QED) is 0.677. The zero-order valence-electron chi connectivity index (χ0n) is 15.9. The molecule has 148 valence electrons. The average molecular weight is 380 g/mol. The van der Waals surface area contributed by atoms with E-state index in [0.717, 1.165) is 32.5 Å². The molecule has 1 amide bonds. The van der Waals surface area contributed by atoms with Crippen LogP contribution in [0, 0.1) is 0 Å². The van der Waals surface area contributed by atoms with Gasteiger partial charge in [-0.15, -0.1) is 0 Å². The standard InChI is InChI=1S/C19H26F2N4O2/c1-4-10-25(11-5-2)12-13(3)22-18(26)15-8-6-14(7-9-15)17-23-19(16(20)21)27-24-17/h6-9,13,16H,4-5,10-12H2,1-3H3,(H,22,26)/t13-/m1/s1. The number of aromatic nitrogens is 2. The summed E-state index contributed by atoms with van der Waals surface area (Å²) in [5.41, 5.74) is 0.994.